The molecule has 1 unspecified atom stereocenters. The summed E-state index contributed by atoms with van der Waals surface area (Å²) in [4.78, 5) is 29.6. The van der Waals surface area contributed by atoms with Gasteiger partial charge in [-0.15, -0.1) is 0 Å². The molecule has 1 aliphatic heterocycles. The van der Waals surface area contributed by atoms with E-state index in [0.29, 0.717) is 24.3 Å². The first-order valence-electron chi connectivity index (χ1n) is 8.18. The van der Waals surface area contributed by atoms with Crippen LogP contribution in [0, 0.1) is 11.2 Å². The molecule has 9 heteroatoms. The summed E-state index contributed by atoms with van der Waals surface area (Å²) in [6.45, 7) is 6.51. The van der Waals surface area contributed by atoms with E-state index in [4.69, 9.17) is 11.5 Å². The molecule has 8 nitrogen and oxygen atoms in total. The number of hydrogen-bond acceptors (Lipinski definition) is 4. The zero-order valence-electron chi connectivity index (χ0n) is 14.9. The highest BCUT2D eigenvalue weighted by molar-refractivity contribution is 6.00. The molecule has 26 heavy (non-hydrogen) atoms. The van der Waals surface area contributed by atoms with Crippen LogP contribution in [0.2, 0.25) is 0 Å². The van der Waals surface area contributed by atoms with Crippen LogP contribution in [0.25, 0.3) is 11.3 Å². The minimum Gasteiger partial charge on any atom is -0.365 e. The maximum Gasteiger partial charge on any atom is 0.315 e. The fourth-order valence-corrected chi connectivity index (χ4v) is 3.50. The van der Waals surface area contributed by atoms with Crippen LogP contribution in [0.1, 0.15) is 42.9 Å². The van der Waals surface area contributed by atoms with E-state index in [-0.39, 0.29) is 11.3 Å². The summed E-state index contributed by atoms with van der Waals surface area (Å²) in [7, 11) is 0. The van der Waals surface area contributed by atoms with Crippen LogP contribution in [0.3, 0.4) is 0 Å². The quantitative estimate of drug-likeness (QED) is 0.846. The number of fused-ring (bicyclic) bond motifs is 1. The number of carbonyl (C=O) groups is 2. The van der Waals surface area contributed by atoms with Crippen molar-refractivity contribution in [1.29, 1.82) is 0 Å². The zero-order valence-corrected chi connectivity index (χ0v) is 14.9. The Bertz CT molecular complexity index is 886. The minimum absolute atomic E-state index is 0.156. The molecule has 138 valence electrons. The smallest absolute Gasteiger partial charge is 0.315 e. The molecule has 3 rings (SSSR count). The molecule has 1 aliphatic rings. The number of urea groups is 1. The van der Waals surface area contributed by atoms with Gasteiger partial charge in [0.05, 0.1) is 30.0 Å². The largest absolute Gasteiger partial charge is 0.365 e. The van der Waals surface area contributed by atoms with Crippen LogP contribution in [0.5, 0.6) is 0 Å². The van der Waals surface area contributed by atoms with Crippen molar-refractivity contribution in [1.82, 2.24) is 19.7 Å². The summed E-state index contributed by atoms with van der Waals surface area (Å²) in [6.07, 6.45) is 2.48. The first kappa shape index (κ1) is 17.8. The van der Waals surface area contributed by atoms with Crippen LogP contribution in [0.4, 0.5) is 9.18 Å². The molecule has 0 saturated carbocycles. The van der Waals surface area contributed by atoms with E-state index in [0.717, 1.165) is 6.20 Å². The molecule has 4 N–H and O–H groups in total. The van der Waals surface area contributed by atoms with E-state index >= 15 is 0 Å². The average Bonchev–Trinajstić information content (AvgIpc) is 2.92. The molecule has 2 aromatic heterocycles. The lowest BCUT2D eigenvalue weighted by molar-refractivity contribution is 0.0899. The Morgan fingerprint density at radius 3 is 2.46 bits per heavy atom. The fourth-order valence-electron chi connectivity index (χ4n) is 3.50. The van der Waals surface area contributed by atoms with Crippen molar-refractivity contribution in [3.63, 3.8) is 0 Å². The van der Waals surface area contributed by atoms with Crippen molar-refractivity contribution < 1.29 is 14.0 Å². The van der Waals surface area contributed by atoms with Gasteiger partial charge in [0, 0.05) is 18.3 Å². The van der Waals surface area contributed by atoms with Crippen molar-refractivity contribution >= 4 is 11.9 Å². The monoisotopic (exact) mass is 360 g/mol. The van der Waals surface area contributed by atoms with Gasteiger partial charge in [0.1, 0.15) is 11.5 Å². The molecule has 0 aromatic carbocycles. The van der Waals surface area contributed by atoms with Crippen molar-refractivity contribution in [3.05, 3.63) is 35.5 Å². The number of rotatable bonds is 2. The highest BCUT2D eigenvalue weighted by Crippen LogP contribution is 2.43. The lowest BCUT2D eigenvalue weighted by Crippen LogP contribution is -2.49. The van der Waals surface area contributed by atoms with Crippen LogP contribution in [-0.2, 0) is 6.54 Å². The Balaban J connectivity index is 2.29. The molecular weight excluding hydrogens is 339 g/mol. The van der Waals surface area contributed by atoms with E-state index in [9.17, 15) is 14.0 Å². The second kappa shape index (κ2) is 6.08. The Hall–Kier alpha value is -2.97. The lowest BCUT2D eigenvalue weighted by Gasteiger charge is -2.42. The summed E-state index contributed by atoms with van der Waals surface area (Å²) in [5.41, 5.74) is 12.0. The molecule has 1 atom stereocenters. The zero-order chi connectivity index (χ0) is 19.2. The highest BCUT2D eigenvalue weighted by Gasteiger charge is 2.42. The van der Waals surface area contributed by atoms with Gasteiger partial charge in [0.2, 0.25) is 0 Å². The normalized spacial score (nSPS) is 17.1. The van der Waals surface area contributed by atoms with Gasteiger partial charge in [0.15, 0.2) is 0 Å². The molecule has 0 aliphatic carbocycles. The molecule has 0 bridgehead atoms. The molecule has 3 amide bonds. The summed E-state index contributed by atoms with van der Waals surface area (Å²) >= 11 is 0. The topological polar surface area (TPSA) is 120 Å². The first-order valence-corrected chi connectivity index (χ1v) is 8.18. The van der Waals surface area contributed by atoms with E-state index in [1.54, 1.807) is 4.68 Å². The van der Waals surface area contributed by atoms with E-state index in [1.165, 1.54) is 17.2 Å². The number of nitrogens with zero attached hydrogens (tertiary/aromatic N) is 4. The Morgan fingerprint density at radius 2 is 1.92 bits per heavy atom. The van der Waals surface area contributed by atoms with Gasteiger partial charge in [-0.25, -0.2) is 9.18 Å². The second-order valence-corrected chi connectivity index (χ2v) is 7.39. The van der Waals surface area contributed by atoms with Crippen molar-refractivity contribution in [2.45, 2.75) is 33.4 Å². The predicted molar refractivity (Wildman–Crippen MR) is 92.4 cm³/mol. The number of amides is 3. The number of pyridine rings is 1. The van der Waals surface area contributed by atoms with Gasteiger partial charge in [0.25, 0.3) is 5.91 Å². The summed E-state index contributed by atoms with van der Waals surface area (Å²) in [6, 6.07) is 0.159. The number of halogens is 1. The van der Waals surface area contributed by atoms with Gasteiger partial charge < -0.3 is 16.4 Å². The third-order valence-electron chi connectivity index (χ3n) is 4.44. The maximum atomic E-state index is 13.6. The summed E-state index contributed by atoms with van der Waals surface area (Å²) < 4.78 is 15.3. The number of hydrogen-bond donors (Lipinski definition) is 2. The van der Waals surface area contributed by atoms with Crippen LogP contribution in [-0.4, -0.2) is 38.1 Å². The lowest BCUT2D eigenvalue weighted by atomic mass is 9.81. The van der Waals surface area contributed by atoms with Crippen molar-refractivity contribution in [3.8, 4) is 11.3 Å². The van der Waals surface area contributed by atoms with Crippen LogP contribution < -0.4 is 11.5 Å². The molecule has 2 aromatic rings. The molecule has 0 spiro atoms. The molecular formula is C17H21FN6O2. The maximum absolute atomic E-state index is 13.6. The SMILES string of the molecule is CC(C)(C)C1c2c(C(N)=O)c(-c3cncc(F)c3)nn2CCN1C(N)=O. The van der Waals surface area contributed by atoms with Crippen molar-refractivity contribution in [2.75, 3.05) is 6.54 Å². The van der Waals surface area contributed by atoms with E-state index < -0.39 is 29.2 Å². The Morgan fingerprint density at radius 1 is 1.23 bits per heavy atom. The van der Waals surface area contributed by atoms with Crippen LogP contribution in [0.15, 0.2) is 18.5 Å². The van der Waals surface area contributed by atoms with Gasteiger partial charge in [-0.05, 0) is 11.5 Å². The average molecular weight is 360 g/mol. The first-order chi connectivity index (χ1) is 12.1. The summed E-state index contributed by atoms with van der Waals surface area (Å²) in [5, 5.41) is 4.47. The van der Waals surface area contributed by atoms with Crippen LogP contribution >= 0.6 is 0 Å². The van der Waals surface area contributed by atoms with Gasteiger partial charge >= 0.3 is 6.03 Å². The molecule has 0 saturated heterocycles. The minimum atomic E-state index is -0.703. The Labute approximate surface area is 150 Å². The molecule has 0 fully saturated rings. The molecule has 3 heterocycles. The number of primary amides is 2. The fraction of sp³-hybridized carbons (Fsp3) is 0.412. The number of aromatic nitrogens is 3. The third kappa shape index (κ3) is 2.89. The molecule has 0 radical (unpaired) electrons. The Kier molecular flexibility index (Phi) is 4.17. The van der Waals surface area contributed by atoms with E-state index in [2.05, 4.69) is 10.1 Å². The van der Waals surface area contributed by atoms with E-state index in [1.807, 2.05) is 20.8 Å². The number of carbonyl (C=O) groups excluding carboxylic acids is 2. The highest BCUT2D eigenvalue weighted by atomic mass is 19.1. The number of nitrogens with two attached hydrogens (primary N) is 2. The van der Waals surface area contributed by atoms with Crippen molar-refractivity contribution in [2.24, 2.45) is 16.9 Å². The van der Waals surface area contributed by atoms with Gasteiger partial charge in [-0.2, -0.15) is 5.10 Å². The summed E-state index contributed by atoms with van der Waals surface area (Å²) in [5.74, 6) is -1.25. The second-order valence-electron chi connectivity index (χ2n) is 7.39. The standard InChI is InChI=1S/C17H21FN6O2/c1-17(2,3)14-13-11(15(19)25)12(9-6-10(18)8-21-7-9)22-24(13)5-4-23(14)16(20)26/h6-8,14H,4-5H2,1-3H3,(H2,19,25)(H2,20,26). The third-order valence-corrected chi connectivity index (χ3v) is 4.44. The van der Waals surface area contributed by atoms with Gasteiger partial charge in [-0.1, -0.05) is 20.8 Å². The van der Waals surface area contributed by atoms with Gasteiger partial charge in [-0.3, -0.25) is 14.5 Å². The predicted octanol–water partition coefficient (Wildman–Crippen LogP) is 1.66.